The van der Waals surface area contributed by atoms with Gasteiger partial charge in [-0.15, -0.1) is 0 Å². The van der Waals surface area contributed by atoms with Crippen LogP contribution in [0, 0.1) is 17.8 Å². The molecule has 3 N–H and O–H groups in total. The van der Waals surface area contributed by atoms with E-state index in [1.54, 1.807) is 13.4 Å². The maximum Gasteiger partial charge on any atom is 0.237 e. The molecule has 4 fully saturated rings. The molecular formula is C17H26N4O. The van der Waals surface area contributed by atoms with Gasteiger partial charge in [0.1, 0.15) is 0 Å². The van der Waals surface area contributed by atoms with E-state index in [4.69, 9.17) is 0 Å². The zero-order chi connectivity index (χ0) is 15.2. The SMILES string of the molecule is CNC(=O)[C@H](Cc1cnc[nH]1)NC12CC3CC(CC(C3)C1)C2. The fourth-order valence-corrected chi connectivity index (χ4v) is 5.66. The molecule has 4 aliphatic carbocycles. The lowest BCUT2D eigenvalue weighted by Gasteiger charge is -2.57. The number of nitrogens with one attached hydrogen (secondary N) is 3. The fraction of sp³-hybridized carbons (Fsp3) is 0.765. The smallest absolute Gasteiger partial charge is 0.237 e. The van der Waals surface area contributed by atoms with Gasteiger partial charge in [-0.05, 0) is 56.3 Å². The Balaban J connectivity index is 1.52. The molecule has 5 rings (SSSR count). The third kappa shape index (κ3) is 2.56. The summed E-state index contributed by atoms with van der Waals surface area (Å²) < 4.78 is 0. The Morgan fingerprint density at radius 1 is 1.32 bits per heavy atom. The number of rotatable bonds is 5. The molecule has 4 bridgehead atoms. The molecule has 0 spiro atoms. The van der Waals surface area contributed by atoms with Gasteiger partial charge in [0.25, 0.3) is 0 Å². The highest BCUT2D eigenvalue weighted by Gasteiger charge is 2.51. The third-order valence-corrected chi connectivity index (χ3v) is 6.06. The summed E-state index contributed by atoms with van der Waals surface area (Å²) in [6, 6.07) is -0.165. The number of H-pyrrole nitrogens is 1. The molecule has 1 heterocycles. The number of aromatic amines is 1. The molecule has 22 heavy (non-hydrogen) atoms. The van der Waals surface area contributed by atoms with E-state index in [0.717, 1.165) is 23.4 Å². The summed E-state index contributed by atoms with van der Waals surface area (Å²) in [5.74, 6) is 2.74. The van der Waals surface area contributed by atoms with Crippen molar-refractivity contribution in [2.75, 3.05) is 7.05 Å². The fourth-order valence-electron chi connectivity index (χ4n) is 5.66. The summed E-state index contributed by atoms with van der Waals surface area (Å²) in [7, 11) is 1.73. The van der Waals surface area contributed by atoms with Gasteiger partial charge >= 0.3 is 0 Å². The zero-order valence-electron chi connectivity index (χ0n) is 13.3. The van der Waals surface area contributed by atoms with Crippen molar-refractivity contribution in [3.8, 4) is 0 Å². The van der Waals surface area contributed by atoms with Crippen LogP contribution >= 0.6 is 0 Å². The quantitative estimate of drug-likeness (QED) is 0.774. The van der Waals surface area contributed by atoms with Crippen LogP contribution in [0.3, 0.4) is 0 Å². The van der Waals surface area contributed by atoms with Gasteiger partial charge in [-0.2, -0.15) is 0 Å². The summed E-state index contributed by atoms with van der Waals surface area (Å²) in [4.78, 5) is 19.6. The lowest BCUT2D eigenvalue weighted by molar-refractivity contribution is -0.124. The molecule has 0 saturated heterocycles. The standard InChI is InChI=1S/C17H26N4O/c1-18-16(22)15(5-14-9-19-10-20-14)21-17-6-11-2-12(7-17)4-13(3-11)8-17/h9-13,15,21H,2-8H2,1H3,(H,18,22)(H,19,20)/t11?,12?,13?,15-,17?/m0/s1. The van der Waals surface area contributed by atoms with Crippen molar-refractivity contribution in [1.29, 1.82) is 0 Å². The lowest BCUT2D eigenvalue weighted by atomic mass is 9.53. The minimum absolute atomic E-state index is 0.0883. The maximum absolute atomic E-state index is 12.4. The molecule has 1 amide bonds. The minimum Gasteiger partial charge on any atom is -0.358 e. The normalized spacial score (nSPS) is 37.2. The van der Waals surface area contributed by atoms with Crippen molar-refractivity contribution in [2.24, 2.45) is 17.8 Å². The molecule has 4 aliphatic rings. The summed E-state index contributed by atoms with van der Waals surface area (Å²) in [5, 5.41) is 6.62. The number of carbonyl (C=O) groups is 1. The highest BCUT2D eigenvalue weighted by atomic mass is 16.2. The van der Waals surface area contributed by atoms with E-state index in [1.807, 2.05) is 6.20 Å². The number of hydrogen-bond donors (Lipinski definition) is 3. The largest absolute Gasteiger partial charge is 0.358 e. The number of hydrogen-bond acceptors (Lipinski definition) is 3. The first-order chi connectivity index (χ1) is 10.7. The Labute approximate surface area is 131 Å². The Kier molecular flexibility index (Phi) is 3.48. The van der Waals surface area contributed by atoms with Crippen molar-refractivity contribution < 1.29 is 4.79 Å². The van der Waals surface area contributed by atoms with Crippen molar-refractivity contribution in [2.45, 2.75) is 56.5 Å². The van der Waals surface area contributed by atoms with E-state index >= 15 is 0 Å². The molecule has 4 saturated carbocycles. The molecule has 0 aromatic carbocycles. The second-order valence-electron chi connectivity index (χ2n) is 7.79. The van der Waals surface area contributed by atoms with E-state index in [-0.39, 0.29) is 17.5 Å². The number of amides is 1. The van der Waals surface area contributed by atoms with Crippen molar-refractivity contribution in [3.05, 3.63) is 18.2 Å². The van der Waals surface area contributed by atoms with Crippen molar-refractivity contribution in [3.63, 3.8) is 0 Å². The monoisotopic (exact) mass is 302 g/mol. The molecule has 1 atom stereocenters. The van der Waals surface area contributed by atoms with Crippen LogP contribution in [0.25, 0.3) is 0 Å². The number of carbonyl (C=O) groups excluding carboxylic acids is 1. The summed E-state index contributed by atoms with van der Waals surface area (Å²) >= 11 is 0. The van der Waals surface area contributed by atoms with Crippen LogP contribution in [0.5, 0.6) is 0 Å². The predicted molar refractivity (Wildman–Crippen MR) is 84.2 cm³/mol. The second kappa shape index (κ2) is 5.37. The highest BCUT2D eigenvalue weighted by Crippen LogP contribution is 2.55. The van der Waals surface area contributed by atoms with Crippen LogP contribution in [0.15, 0.2) is 12.5 Å². The van der Waals surface area contributed by atoms with Gasteiger partial charge in [-0.25, -0.2) is 4.98 Å². The van der Waals surface area contributed by atoms with Gasteiger partial charge in [0, 0.05) is 30.9 Å². The second-order valence-corrected chi connectivity index (χ2v) is 7.79. The van der Waals surface area contributed by atoms with Crippen LogP contribution < -0.4 is 10.6 Å². The first kappa shape index (κ1) is 14.2. The topological polar surface area (TPSA) is 69.8 Å². The number of nitrogens with zero attached hydrogens (tertiary/aromatic N) is 1. The molecule has 0 unspecified atom stereocenters. The third-order valence-electron chi connectivity index (χ3n) is 6.06. The van der Waals surface area contributed by atoms with Gasteiger partial charge < -0.3 is 10.3 Å². The van der Waals surface area contributed by atoms with Gasteiger partial charge in [0.15, 0.2) is 0 Å². The Morgan fingerprint density at radius 2 is 1.95 bits per heavy atom. The van der Waals surface area contributed by atoms with Crippen molar-refractivity contribution >= 4 is 5.91 Å². The van der Waals surface area contributed by atoms with Crippen LogP contribution in [0.1, 0.15) is 44.2 Å². The predicted octanol–water partition coefficient (Wildman–Crippen LogP) is 1.63. The Bertz CT molecular complexity index is 504. The number of imidazole rings is 1. The summed E-state index contributed by atoms with van der Waals surface area (Å²) in [6.07, 6.45) is 12.2. The van der Waals surface area contributed by atoms with E-state index in [1.165, 1.54) is 38.5 Å². The van der Waals surface area contributed by atoms with Gasteiger partial charge in [0.2, 0.25) is 5.91 Å². The molecule has 0 radical (unpaired) electrons. The zero-order valence-corrected chi connectivity index (χ0v) is 13.3. The van der Waals surface area contributed by atoms with Crippen molar-refractivity contribution in [1.82, 2.24) is 20.6 Å². The molecule has 5 heteroatoms. The van der Waals surface area contributed by atoms with Crippen LogP contribution in [-0.4, -0.2) is 34.5 Å². The molecule has 0 aliphatic heterocycles. The van der Waals surface area contributed by atoms with Crippen LogP contribution in [-0.2, 0) is 11.2 Å². The average Bonchev–Trinajstić information content (AvgIpc) is 2.97. The van der Waals surface area contributed by atoms with E-state index in [2.05, 4.69) is 20.6 Å². The number of likely N-dealkylation sites (N-methyl/N-ethyl adjacent to an activating group) is 1. The van der Waals surface area contributed by atoms with Gasteiger partial charge in [0.05, 0.1) is 12.4 Å². The van der Waals surface area contributed by atoms with Crippen LogP contribution in [0.2, 0.25) is 0 Å². The number of aromatic nitrogens is 2. The van der Waals surface area contributed by atoms with E-state index in [0.29, 0.717) is 6.42 Å². The molecular weight excluding hydrogens is 276 g/mol. The van der Waals surface area contributed by atoms with E-state index in [9.17, 15) is 4.79 Å². The molecule has 5 nitrogen and oxygen atoms in total. The molecule has 1 aromatic heterocycles. The average molecular weight is 302 g/mol. The summed E-state index contributed by atoms with van der Waals surface area (Å²) in [6.45, 7) is 0. The minimum atomic E-state index is -0.165. The van der Waals surface area contributed by atoms with Gasteiger partial charge in [-0.3, -0.25) is 10.1 Å². The first-order valence-electron chi connectivity index (χ1n) is 8.62. The lowest BCUT2D eigenvalue weighted by Crippen LogP contribution is -2.63. The molecule has 1 aromatic rings. The maximum atomic E-state index is 12.4. The Hall–Kier alpha value is -1.36. The highest BCUT2D eigenvalue weighted by molar-refractivity contribution is 5.81. The Morgan fingerprint density at radius 3 is 2.45 bits per heavy atom. The van der Waals surface area contributed by atoms with Gasteiger partial charge in [-0.1, -0.05) is 0 Å². The molecule has 120 valence electrons. The summed E-state index contributed by atoms with van der Waals surface area (Å²) in [5.41, 5.74) is 1.22. The van der Waals surface area contributed by atoms with Crippen LogP contribution in [0.4, 0.5) is 0 Å². The van der Waals surface area contributed by atoms with E-state index < -0.39 is 0 Å². The first-order valence-corrected chi connectivity index (χ1v) is 8.62.